The smallest absolute Gasteiger partial charge is 0.306 e. The van der Waals surface area contributed by atoms with Crippen molar-refractivity contribution in [1.29, 1.82) is 0 Å². The van der Waals surface area contributed by atoms with E-state index in [4.69, 9.17) is 14.6 Å². The van der Waals surface area contributed by atoms with Gasteiger partial charge in [0, 0.05) is 23.9 Å². The number of carboxylic acids is 1. The van der Waals surface area contributed by atoms with Gasteiger partial charge < -0.3 is 19.6 Å². The lowest BCUT2D eigenvalue weighted by Gasteiger charge is -2.31. The number of pyridine rings is 2. The first-order valence-electron chi connectivity index (χ1n) is 10.1. The molecule has 0 bridgehead atoms. The summed E-state index contributed by atoms with van der Waals surface area (Å²) in [5.74, 6) is -0.326. The molecule has 3 heterocycles. The number of nitrogens with one attached hydrogen (secondary N) is 1. The molecular formula is C23H19FN4O4. The molecule has 0 unspecified atom stereocenters. The van der Waals surface area contributed by atoms with E-state index in [-0.39, 0.29) is 12.0 Å². The van der Waals surface area contributed by atoms with Crippen LogP contribution in [0.3, 0.4) is 0 Å². The van der Waals surface area contributed by atoms with Crippen LogP contribution in [-0.2, 0) is 4.79 Å². The highest BCUT2D eigenvalue weighted by Crippen LogP contribution is 2.32. The Bertz CT molecular complexity index is 1300. The SMILES string of the molecule is COc1ccc2[nH]c(-c3ccc(-c4ccc(OC5CC(C(=O)O)C5)nc4)cc3F)nc2n1. The molecule has 1 aliphatic carbocycles. The molecule has 8 nitrogen and oxygen atoms in total. The number of carboxylic acid groups (broad SMARTS) is 1. The maximum atomic E-state index is 14.9. The van der Waals surface area contributed by atoms with Crippen LogP contribution < -0.4 is 9.47 Å². The number of imidazole rings is 1. The molecule has 32 heavy (non-hydrogen) atoms. The van der Waals surface area contributed by atoms with Gasteiger partial charge in [-0.2, -0.15) is 4.98 Å². The molecule has 0 atom stereocenters. The van der Waals surface area contributed by atoms with Crippen LogP contribution in [0.5, 0.6) is 11.8 Å². The van der Waals surface area contributed by atoms with Crippen LogP contribution in [0.4, 0.5) is 4.39 Å². The minimum Gasteiger partial charge on any atom is -0.481 e. The van der Waals surface area contributed by atoms with Gasteiger partial charge in [-0.25, -0.2) is 14.4 Å². The second kappa shape index (κ2) is 7.92. The number of hydrogen-bond acceptors (Lipinski definition) is 6. The van der Waals surface area contributed by atoms with Crippen molar-refractivity contribution in [2.45, 2.75) is 18.9 Å². The summed E-state index contributed by atoms with van der Waals surface area (Å²) in [6.45, 7) is 0. The lowest BCUT2D eigenvalue weighted by molar-refractivity contribution is -0.148. The van der Waals surface area contributed by atoms with Crippen LogP contribution in [0.2, 0.25) is 0 Å². The van der Waals surface area contributed by atoms with E-state index in [1.807, 2.05) is 0 Å². The Hall–Kier alpha value is -4.01. The summed E-state index contributed by atoms with van der Waals surface area (Å²) in [5, 5.41) is 8.94. The van der Waals surface area contributed by atoms with E-state index in [1.54, 1.807) is 42.6 Å². The number of ether oxygens (including phenoxy) is 2. The number of nitrogens with zero attached hydrogens (tertiary/aromatic N) is 3. The Morgan fingerprint density at radius 3 is 2.56 bits per heavy atom. The first-order chi connectivity index (χ1) is 15.5. The molecule has 5 rings (SSSR count). The third-order valence-electron chi connectivity index (χ3n) is 5.55. The predicted octanol–water partition coefficient (Wildman–Crippen LogP) is 4.08. The minimum absolute atomic E-state index is 0.135. The van der Waals surface area contributed by atoms with Gasteiger partial charge in [0.1, 0.15) is 17.7 Å². The molecule has 162 valence electrons. The summed E-state index contributed by atoms with van der Waals surface area (Å²) in [6, 6.07) is 11.9. The van der Waals surface area contributed by atoms with Crippen LogP contribution in [0.15, 0.2) is 48.7 Å². The number of aliphatic carboxylic acids is 1. The lowest BCUT2D eigenvalue weighted by atomic mass is 9.82. The summed E-state index contributed by atoms with van der Waals surface area (Å²) < 4.78 is 25.7. The van der Waals surface area contributed by atoms with Gasteiger partial charge in [0.2, 0.25) is 11.8 Å². The maximum absolute atomic E-state index is 14.9. The summed E-state index contributed by atoms with van der Waals surface area (Å²) in [5.41, 5.74) is 2.86. The summed E-state index contributed by atoms with van der Waals surface area (Å²) in [7, 11) is 1.52. The molecule has 1 fully saturated rings. The molecule has 0 aliphatic heterocycles. The van der Waals surface area contributed by atoms with Gasteiger partial charge in [-0.1, -0.05) is 6.07 Å². The van der Waals surface area contributed by atoms with E-state index >= 15 is 0 Å². The number of aromatic amines is 1. The molecule has 0 spiro atoms. The highest BCUT2D eigenvalue weighted by atomic mass is 19.1. The number of benzene rings is 1. The largest absolute Gasteiger partial charge is 0.481 e. The Kier molecular flexibility index (Phi) is 4.93. The van der Waals surface area contributed by atoms with Crippen LogP contribution in [0.25, 0.3) is 33.7 Å². The molecule has 4 aromatic rings. The summed E-state index contributed by atoms with van der Waals surface area (Å²) >= 11 is 0. The van der Waals surface area contributed by atoms with Crippen molar-refractivity contribution < 1.29 is 23.8 Å². The van der Waals surface area contributed by atoms with Gasteiger partial charge in [0.25, 0.3) is 0 Å². The number of rotatable bonds is 6. The Morgan fingerprint density at radius 2 is 1.88 bits per heavy atom. The number of H-pyrrole nitrogens is 1. The summed E-state index contributed by atoms with van der Waals surface area (Å²) in [6.07, 6.45) is 2.43. The summed E-state index contributed by atoms with van der Waals surface area (Å²) in [4.78, 5) is 26.8. The molecule has 1 aromatic carbocycles. The molecule has 3 aromatic heterocycles. The zero-order chi connectivity index (χ0) is 22.2. The van der Waals surface area contributed by atoms with Crippen molar-refractivity contribution in [1.82, 2.24) is 19.9 Å². The first kappa shape index (κ1) is 19.9. The van der Waals surface area contributed by atoms with Gasteiger partial charge in [-0.05, 0) is 42.7 Å². The van der Waals surface area contributed by atoms with Crippen LogP contribution in [0, 0.1) is 11.7 Å². The van der Waals surface area contributed by atoms with E-state index < -0.39 is 11.8 Å². The number of carbonyl (C=O) groups is 1. The highest BCUT2D eigenvalue weighted by Gasteiger charge is 2.36. The van der Waals surface area contributed by atoms with Gasteiger partial charge in [0.15, 0.2) is 5.65 Å². The van der Waals surface area contributed by atoms with E-state index in [2.05, 4.69) is 19.9 Å². The molecular weight excluding hydrogens is 415 g/mol. The van der Waals surface area contributed by atoms with Crippen LogP contribution in [-0.4, -0.2) is 44.2 Å². The fourth-order valence-electron chi connectivity index (χ4n) is 3.66. The van der Waals surface area contributed by atoms with Crippen molar-refractivity contribution in [3.05, 3.63) is 54.5 Å². The monoisotopic (exact) mass is 434 g/mol. The zero-order valence-electron chi connectivity index (χ0n) is 17.1. The highest BCUT2D eigenvalue weighted by molar-refractivity contribution is 5.77. The molecule has 0 amide bonds. The third-order valence-corrected chi connectivity index (χ3v) is 5.55. The average Bonchev–Trinajstić information content (AvgIpc) is 3.18. The third kappa shape index (κ3) is 3.73. The van der Waals surface area contributed by atoms with Gasteiger partial charge >= 0.3 is 5.97 Å². The Balaban J connectivity index is 1.32. The number of halogens is 1. The second-order valence-electron chi connectivity index (χ2n) is 7.64. The Labute approximate surface area is 182 Å². The first-order valence-corrected chi connectivity index (χ1v) is 10.1. The average molecular weight is 434 g/mol. The van der Waals surface area contributed by atoms with E-state index in [1.165, 1.54) is 13.2 Å². The zero-order valence-corrected chi connectivity index (χ0v) is 17.1. The van der Waals surface area contributed by atoms with Crippen LogP contribution >= 0.6 is 0 Å². The van der Waals surface area contributed by atoms with Crippen LogP contribution in [0.1, 0.15) is 12.8 Å². The number of fused-ring (bicyclic) bond motifs is 1. The molecule has 1 aliphatic rings. The van der Waals surface area contributed by atoms with Gasteiger partial charge in [0.05, 0.1) is 24.1 Å². The second-order valence-corrected chi connectivity index (χ2v) is 7.64. The molecule has 2 N–H and O–H groups in total. The van der Waals surface area contributed by atoms with Gasteiger partial charge in [-0.15, -0.1) is 0 Å². The predicted molar refractivity (Wildman–Crippen MR) is 114 cm³/mol. The molecule has 1 saturated carbocycles. The standard InChI is InChI=1S/C23H19FN4O4/c1-31-20-7-5-18-22(27-20)28-21(26-18)16-4-2-12(10-17(16)24)13-3-6-19(25-11-13)32-15-8-14(9-15)23(29)30/h2-7,10-11,14-15H,8-9H2,1H3,(H,29,30)(H,26,27,28). The Morgan fingerprint density at radius 1 is 1.09 bits per heavy atom. The topological polar surface area (TPSA) is 110 Å². The van der Waals surface area contributed by atoms with Gasteiger partial charge in [-0.3, -0.25) is 4.79 Å². The van der Waals surface area contributed by atoms with E-state index in [9.17, 15) is 9.18 Å². The number of hydrogen-bond donors (Lipinski definition) is 2. The van der Waals surface area contributed by atoms with Crippen molar-refractivity contribution in [2.24, 2.45) is 5.92 Å². The fourth-order valence-corrected chi connectivity index (χ4v) is 3.66. The number of methoxy groups -OCH3 is 1. The van der Waals surface area contributed by atoms with Crippen molar-refractivity contribution in [3.8, 4) is 34.3 Å². The lowest BCUT2D eigenvalue weighted by Crippen LogP contribution is -2.38. The van der Waals surface area contributed by atoms with Crippen molar-refractivity contribution >= 4 is 17.1 Å². The maximum Gasteiger partial charge on any atom is 0.306 e. The quantitative estimate of drug-likeness (QED) is 0.471. The minimum atomic E-state index is -0.794. The normalized spacial score (nSPS) is 17.7. The molecule has 9 heteroatoms. The number of aromatic nitrogens is 4. The molecule has 0 radical (unpaired) electrons. The van der Waals surface area contributed by atoms with E-state index in [0.717, 1.165) is 5.56 Å². The fraction of sp³-hybridized carbons (Fsp3) is 0.217. The molecule has 0 saturated heterocycles. The van der Waals surface area contributed by atoms with Crippen molar-refractivity contribution in [3.63, 3.8) is 0 Å². The van der Waals surface area contributed by atoms with E-state index in [0.29, 0.717) is 52.7 Å². The van der Waals surface area contributed by atoms with Crippen molar-refractivity contribution in [2.75, 3.05) is 7.11 Å².